The van der Waals surface area contributed by atoms with E-state index in [2.05, 4.69) is 0 Å². The van der Waals surface area contributed by atoms with Gasteiger partial charge in [-0.1, -0.05) is 23.5 Å². The van der Waals surface area contributed by atoms with E-state index in [0.29, 0.717) is 64.0 Å². The molecule has 0 aromatic carbocycles. The van der Waals surface area contributed by atoms with Gasteiger partial charge in [-0.2, -0.15) is 0 Å². The summed E-state index contributed by atoms with van der Waals surface area (Å²) >= 11 is 2.45. The molecule has 1 fully saturated rings. The molecule has 0 radical (unpaired) electrons. The molecule has 0 aromatic rings. The fraction of sp³-hybridized carbons (Fsp3) is 0.833. The standard InChI is InChI=1S/C12H20O5S2/c13-11-1-2-12(14)19-10-8-17-6-4-15-3-5-16-7-9-18-11/h1-10H2. The van der Waals surface area contributed by atoms with Crippen molar-refractivity contribution in [3.8, 4) is 0 Å². The maximum atomic E-state index is 11.5. The van der Waals surface area contributed by atoms with Gasteiger partial charge in [-0.25, -0.2) is 0 Å². The van der Waals surface area contributed by atoms with Crippen LogP contribution in [-0.2, 0) is 23.8 Å². The van der Waals surface area contributed by atoms with E-state index in [1.54, 1.807) is 0 Å². The molecule has 0 unspecified atom stereocenters. The highest BCUT2D eigenvalue weighted by Crippen LogP contribution is 2.12. The Morgan fingerprint density at radius 3 is 1.42 bits per heavy atom. The molecule has 0 amide bonds. The van der Waals surface area contributed by atoms with Crippen molar-refractivity contribution < 1.29 is 23.8 Å². The Labute approximate surface area is 122 Å². The van der Waals surface area contributed by atoms with E-state index in [1.165, 1.54) is 23.5 Å². The van der Waals surface area contributed by atoms with E-state index in [4.69, 9.17) is 14.2 Å². The van der Waals surface area contributed by atoms with E-state index >= 15 is 0 Å². The second kappa shape index (κ2) is 11.7. The van der Waals surface area contributed by atoms with Crippen LogP contribution in [-0.4, -0.2) is 61.4 Å². The van der Waals surface area contributed by atoms with Crippen LogP contribution in [0.5, 0.6) is 0 Å². The van der Waals surface area contributed by atoms with Crippen LogP contribution in [0.1, 0.15) is 12.8 Å². The van der Waals surface area contributed by atoms with Gasteiger partial charge in [-0.05, 0) is 0 Å². The van der Waals surface area contributed by atoms with E-state index in [9.17, 15) is 9.59 Å². The molecule has 0 spiro atoms. The van der Waals surface area contributed by atoms with Gasteiger partial charge in [0.15, 0.2) is 10.2 Å². The third-order valence-corrected chi connectivity index (χ3v) is 4.05. The number of hydrogen-bond acceptors (Lipinski definition) is 7. The minimum absolute atomic E-state index is 0.0503. The van der Waals surface area contributed by atoms with Crippen molar-refractivity contribution in [3.05, 3.63) is 0 Å². The van der Waals surface area contributed by atoms with Crippen LogP contribution in [0.2, 0.25) is 0 Å². The SMILES string of the molecule is O=C1CCC(=O)SCCOCCOCCOCCS1. The number of rotatable bonds is 0. The Morgan fingerprint density at radius 2 is 1.00 bits per heavy atom. The summed E-state index contributed by atoms with van der Waals surface area (Å²) in [6.07, 6.45) is 0.612. The van der Waals surface area contributed by atoms with E-state index in [-0.39, 0.29) is 10.2 Å². The summed E-state index contributed by atoms with van der Waals surface area (Å²) in [5.74, 6) is 1.26. The normalized spacial score (nSPS) is 22.9. The van der Waals surface area contributed by atoms with Crippen LogP contribution >= 0.6 is 23.5 Å². The average Bonchev–Trinajstić information content (AvgIpc) is 2.41. The first kappa shape index (κ1) is 17.0. The second-order valence-electron chi connectivity index (χ2n) is 3.78. The molecule has 7 heteroatoms. The Hall–Kier alpha value is -0.0800. The van der Waals surface area contributed by atoms with Crippen LogP contribution in [0.25, 0.3) is 0 Å². The maximum Gasteiger partial charge on any atom is 0.189 e. The molecule has 0 bridgehead atoms. The molecular formula is C12H20O5S2. The van der Waals surface area contributed by atoms with Gasteiger partial charge in [-0.3, -0.25) is 9.59 Å². The molecule has 0 N–H and O–H groups in total. The highest BCUT2D eigenvalue weighted by molar-refractivity contribution is 8.14. The van der Waals surface area contributed by atoms with Gasteiger partial charge in [0.1, 0.15) is 0 Å². The Kier molecular flexibility index (Phi) is 10.5. The quantitative estimate of drug-likeness (QED) is 0.669. The molecule has 1 saturated heterocycles. The van der Waals surface area contributed by atoms with Crippen LogP contribution in [0.15, 0.2) is 0 Å². The third kappa shape index (κ3) is 10.4. The van der Waals surface area contributed by atoms with Crippen molar-refractivity contribution in [2.24, 2.45) is 0 Å². The summed E-state index contributed by atoms with van der Waals surface area (Å²) in [5, 5.41) is 0.101. The van der Waals surface area contributed by atoms with E-state index in [0.717, 1.165) is 0 Å². The van der Waals surface area contributed by atoms with Crippen LogP contribution in [0, 0.1) is 0 Å². The molecule has 1 rings (SSSR count). The lowest BCUT2D eigenvalue weighted by Crippen LogP contribution is -2.11. The first-order valence-electron chi connectivity index (χ1n) is 6.33. The molecule has 0 saturated carbocycles. The minimum atomic E-state index is 0.0503. The summed E-state index contributed by atoms with van der Waals surface area (Å²) in [6, 6.07) is 0. The average molecular weight is 308 g/mol. The number of thioether (sulfide) groups is 2. The molecule has 1 heterocycles. The van der Waals surface area contributed by atoms with Crippen molar-refractivity contribution in [3.63, 3.8) is 0 Å². The van der Waals surface area contributed by atoms with E-state index in [1.807, 2.05) is 0 Å². The Bertz CT molecular complexity index is 247. The van der Waals surface area contributed by atoms with Gasteiger partial charge >= 0.3 is 0 Å². The number of carbonyl (C=O) groups is 2. The van der Waals surface area contributed by atoms with Crippen LogP contribution in [0.4, 0.5) is 0 Å². The maximum absolute atomic E-state index is 11.5. The summed E-state index contributed by atoms with van der Waals surface area (Å²) < 4.78 is 15.9. The predicted molar refractivity (Wildman–Crippen MR) is 76.6 cm³/mol. The molecule has 0 aliphatic carbocycles. The lowest BCUT2D eigenvalue weighted by molar-refractivity contribution is -0.115. The zero-order chi connectivity index (χ0) is 13.8. The largest absolute Gasteiger partial charge is 0.378 e. The van der Waals surface area contributed by atoms with Gasteiger partial charge in [0.2, 0.25) is 0 Å². The van der Waals surface area contributed by atoms with Gasteiger partial charge in [0.25, 0.3) is 0 Å². The summed E-state index contributed by atoms with van der Waals surface area (Å²) in [7, 11) is 0. The molecule has 1 aliphatic heterocycles. The second-order valence-corrected chi connectivity index (χ2v) is 6.08. The molecule has 0 atom stereocenters. The summed E-state index contributed by atoms with van der Waals surface area (Å²) in [4.78, 5) is 22.9. The van der Waals surface area contributed by atoms with Gasteiger partial charge in [0.05, 0.1) is 39.6 Å². The smallest absolute Gasteiger partial charge is 0.189 e. The topological polar surface area (TPSA) is 61.8 Å². The molecule has 110 valence electrons. The third-order valence-electron chi connectivity index (χ3n) is 2.26. The van der Waals surface area contributed by atoms with Crippen LogP contribution in [0.3, 0.4) is 0 Å². The molecular weight excluding hydrogens is 288 g/mol. The van der Waals surface area contributed by atoms with Crippen molar-refractivity contribution >= 4 is 33.8 Å². The number of carbonyl (C=O) groups excluding carboxylic acids is 2. The van der Waals surface area contributed by atoms with Crippen LogP contribution < -0.4 is 0 Å². The fourth-order valence-electron chi connectivity index (χ4n) is 1.32. The first-order valence-corrected chi connectivity index (χ1v) is 8.30. The van der Waals surface area contributed by atoms with Gasteiger partial charge in [0, 0.05) is 24.3 Å². The monoisotopic (exact) mass is 308 g/mol. The van der Waals surface area contributed by atoms with Crippen molar-refractivity contribution in [1.82, 2.24) is 0 Å². The van der Waals surface area contributed by atoms with E-state index < -0.39 is 0 Å². The Balaban J connectivity index is 2.22. The number of hydrogen-bond donors (Lipinski definition) is 0. The molecule has 0 aromatic heterocycles. The minimum Gasteiger partial charge on any atom is -0.378 e. The highest BCUT2D eigenvalue weighted by Gasteiger charge is 2.08. The van der Waals surface area contributed by atoms with Crippen molar-refractivity contribution in [2.75, 3.05) is 51.1 Å². The number of ether oxygens (including phenoxy) is 3. The van der Waals surface area contributed by atoms with Crippen molar-refractivity contribution in [1.29, 1.82) is 0 Å². The summed E-state index contributed by atoms with van der Waals surface area (Å²) in [6.45, 7) is 3.19. The van der Waals surface area contributed by atoms with Gasteiger partial charge in [-0.15, -0.1) is 0 Å². The first-order chi connectivity index (χ1) is 9.29. The lowest BCUT2D eigenvalue weighted by Gasteiger charge is -2.05. The molecule has 19 heavy (non-hydrogen) atoms. The predicted octanol–water partition coefficient (Wildman–Crippen LogP) is 1.35. The summed E-state index contributed by atoms with van der Waals surface area (Å²) in [5.41, 5.74) is 0. The highest BCUT2D eigenvalue weighted by atomic mass is 32.2. The zero-order valence-electron chi connectivity index (χ0n) is 10.9. The molecule has 1 aliphatic rings. The lowest BCUT2D eigenvalue weighted by atomic mass is 10.4. The van der Waals surface area contributed by atoms with Gasteiger partial charge < -0.3 is 14.2 Å². The fourth-order valence-corrected chi connectivity index (χ4v) is 2.67. The zero-order valence-corrected chi connectivity index (χ0v) is 12.6. The van der Waals surface area contributed by atoms with Crippen molar-refractivity contribution in [2.45, 2.75) is 12.8 Å². The Morgan fingerprint density at radius 1 is 0.632 bits per heavy atom. The molecule has 5 nitrogen and oxygen atoms in total.